The first kappa shape index (κ1) is 21.4. The first-order valence-electron chi connectivity index (χ1n) is 10.7. The molecule has 0 radical (unpaired) electrons. The maximum absolute atomic E-state index is 13.8. The highest BCUT2D eigenvalue weighted by atomic mass is 19.4. The Labute approximate surface area is 188 Å². The molecule has 33 heavy (non-hydrogen) atoms. The van der Waals surface area contributed by atoms with Crippen molar-refractivity contribution in [1.29, 1.82) is 0 Å². The van der Waals surface area contributed by atoms with Gasteiger partial charge in [-0.15, -0.1) is 0 Å². The average molecular weight is 452 g/mol. The molecule has 5 N–H and O–H groups in total. The van der Waals surface area contributed by atoms with Crippen molar-refractivity contribution in [2.75, 3.05) is 18.4 Å². The summed E-state index contributed by atoms with van der Waals surface area (Å²) in [7, 11) is 0. The van der Waals surface area contributed by atoms with Crippen molar-refractivity contribution in [1.82, 2.24) is 15.3 Å². The molecule has 1 atom stereocenters. The SMILES string of the molecule is NC1(c2ccccn2)CC(Nc2ccc3[nH]cc(C4=CCNCC4)c3c2)=NC=C1C(F)(F)F. The molecule has 4 heterocycles. The number of pyridine rings is 1. The van der Waals surface area contributed by atoms with Gasteiger partial charge in [-0.1, -0.05) is 12.1 Å². The van der Waals surface area contributed by atoms with Crippen LogP contribution in [-0.2, 0) is 5.54 Å². The van der Waals surface area contributed by atoms with Crippen molar-refractivity contribution < 1.29 is 13.2 Å². The number of nitrogens with two attached hydrogens (primary N) is 1. The summed E-state index contributed by atoms with van der Waals surface area (Å²) in [6, 6.07) is 10.6. The maximum Gasteiger partial charge on any atom is 0.416 e. The van der Waals surface area contributed by atoms with Gasteiger partial charge in [-0.25, -0.2) is 4.99 Å². The number of alkyl halides is 3. The highest BCUT2D eigenvalue weighted by Crippen LogP contribution is 2.42. The van der Waals surface area contributed by atoms with Crippen LogP contribution in [0.1, 0.15) is 24.1 Å². The summed E-state index contributed by atoms with van der Waals surface area (Å²) < 4.78 is 41.3. The van der Waals surface area contributed by atoms with Crippen LogP contribution < -0.4 is 16.4 Å². The summed E-state index contributed by atoms with van der Waals surface area (Å²) in [5, 5.41) is 7.52. The molecule has 9 heteroatoms. The molecular weight excluding hydrogens is 429 g/mol. The lowest BCUT2D eigenvalue weighted by Gasteiger charge is -2.35. The van der Waals surface area contributed by atoms with Crippen LogP contribution in [0.5, 0.6) is 0 Å². The van der Waals surface area contributed by atoms with E-state index in [2.05, 4.69) is 31.7 Å². The number of halogens is 3. The lowest BCUT2D eigenvalue weighted by Crippen LogP contribution is -2.48. The predicted molar refractivity (Wildman–Crippen MR) is 124 cm³/mol. The Balaban J connectivity index is 1.48. The summed E-state index contributed by atoms with van der Waals surface area (Å²) in [4.78, 5) is 11.5. The number of nitrogens with one attached hydrogen (secondary N) is 3. The second kappa shape index (κ2) is 8.17. The molecule has 0 bridgehead atoms. The van der Waals surface area contributed by atoms with E-state index in [-0.39, 0.29) is 12.1 Å². The standard InChI is InChI=1S/C24H23F3N6/c25-24(26,27)20-14-32-22(12-23(20,28)21-3-1-2-8-30-21)33-16-4-5-19-17(11-16)18(13-31-19)15-6-9-29-10-7-15/h1-6,8,11,13-14,29,31H,7,9-10,12,28H2,(H,32,33). The van der Waals surface area contributed by atoms with Crippen molar-refractivity contribution in [3.63, 3.8) is 0 Å². The molecule has 3 aromatic rings. The van der Waals surface area contributed by atoms with Gasteiger partial charge in [-0.05, 0) is 48.9 Å². The Morgan fingerprint density at radius 2 is 2.03 bits per heavy atom. The zero-order valence-corrected chi connectivity index (χ0v) is 17.7. The van der Waals surface area contributed by atoms with E-state index in [1.165, 1.54) is 17.8 Å². The molecular formula is C24H23F3N6. The topological polar surface area (TPSA) is 91.1 Å². The van der Waals surface area contributed by atoms with Crippen LogP contribution in [0.25, 0.3) is 16.5 Å². The molecule has 1 aromatic carbocycles. The zero-order valence-electron chi connectivity index (χ0n) is 17.7. The minimum atomic E-state index is -4.62. The van der Waals surface area contributed by atoms with E-state index >= 15 is 0 Å². The fourth-order valence-corrected chi connectivity index (χ4v) is 4.42. The van der Waals surface area contributed by atoms with Crippen LogP contribution >= 0.6 is 0 Å². The number of aliphatic imine (C=N–C) groups is 1. The van der Waals surface area contributed by atoms with E-state index in [0.717, 1.165) is 47.9 Å². The van der Waals surface area contributed by atoms with Crippen molar-refractivity contribution in [3.05, 3.63) is 77.9 Å². The number of aromatic nitrogens is 2. The summed E-state index contributed by atoms with van der Waals surface area (Å²) in [6.07, 6.45) is 2.56. The summed E-state index contributed by atoms with van der Waals surface area (Å²) >= 11 is 0. The molecule has 5 rings (SSSR count). The Bertz CT molecular complexity index is 1270. The number of nitrogens with zero attached hydrogens (tertiary/aromatic N) is 2. The van der Waals surface area contributed by atoms with E-state index in [9.17, 15) is 13.2 Å². The molecule has 0 fully saturated rings. The van der Waals surface area contributed by atoms with Crippen molar-refractivity contribution in [3.8, 4) is 0 Å². The summed E-state index contributed by atoms with van der Waals surface area (Å²) in [6.45, 7) is 1.75. The van der Waals surface area contributed by atoms with Gasteiger partial charge in [0.15, 0.2) is 0 Å². The van der Waals surface area contributed by atoms with Gasteiger partial charge >= 0.3 is 6.18 Å². The number of fused-ring (bicyclic) bond motifs is 1. The molecule has 2 aliphatic rings. The third kappa shape index (κ3) is 4.05. The highest BCUT2D eigenvalue weighted by Gasteiger charge is 2.50. The molecule has 6 nitrogen and oxygen atoms in total. The summed E-state index contributed by atoms with van der Waals surface area (Å²) in [5.41, 5.74) is 7.85. The van der Waals surface area contributed by atoms with Crippen LogP contribution in [0.3, 0.4) is 0 Å². The van der Waals surface area contributed by atoms with Gasteiger partial charge in [-0.3, -0.25) is 4.98 Å². The minimum Gasteiger partial charge on any atom is -0.361 e. The average Bonchev–Trinajstić information content (AvgIpc) is 3.23. The normalized spacial score (nSPS) is 21.4. The Morgan fingerprint density at radius 1 is 1.15 bits per heavy atom. The monoisotopic (exact) mass is 452 g/mol. The highest BCUT2D eigenvalue weighted by molar-refractivity contribution is 6.01. The van der Waals surface area contributed by atoms with E-state index in [0.29, 0.717) is 5.84 Å². The molecule has 2 aromatic heterocycles. The van der Waals surface area contributed by atoms with Crippen molar-refractivity contribution in [2.45, 2.75) is 24.6 Å². The predicted octanol–water partition coefficient (Wildman–Crippen LogP) is 4.45. The van der Waals surface area contributed by atoms with Gasteiger partial charge in [0.2, 0.25) is 0 Å². The number of hydrogen-bond acceptors (Lipinski definition) is 5. The summed E-state index contributed by atoms with van der Waals surface area (Å²) in [5.74, 6) is 0.341. The largest absolute Gasteiger partial charge is 0.416 e. The number of H-pyrrole nitrogens is 1. The molecule has 0 spiro atoms. The molecule has 0 aliphatic carbocycles. The fraction of sp³-hybridized carbons (Fsp3) is 0.250. The molecule has 0 saturated heterocycles. The van der Waals surface area contributed by atoms with Crippen LogP contribution in [0.15, 0.2) is 71.6 Å². The molecule has 2 aliphatic heterocycles. The number of hydrogen-bond donors (Lipinski definition) is 4. The lowest BCUT2D eigenvalue weighted by atomic mass is 9.81. The van der Waals surface area contributed by atoms with Gasteiger partial charge in [0.25, 0.3) is 0 Å². The van der Waals surface area contributed by atoms with Crippen LogP contribution in [0.4, 0.5) is 18.9 Å². The zero-order chi connectivity index (χ0) is 23.1. The Hall–Kier alpha value is -3.43. The fourth-order valence-electron chi connectivity index (χ4n) is 4.42. The van der Waals surface area contributed by atoms with E-state index in [1.807, 2.05) is 24.4 Å². The van der Waals surface area contributed by atoms with E-state index < -0.39 is 17.3 Å². The van der Waals surface area contributed by atoms with Crippen molar-refractivity contribution in [2.24, 2.45) is 10.7 Å². The molecule has 0 amide bonds. The van der Waals surface area contributed by atoms with Gasteiger partial charge < -0.3 is 21.4 Å². The van der Waals surface area contributed by atoms with E-state index in [4.69, 9.17) is 5.73 Å². The number of benzene rings is 1. The van der Waals surface area contributed by atoms with Crippen LogP contribution in [0.2, 0.25) is 0 Å². The van der Waals surface area contributed by atoms with Crippen molar-refractivity contribution >= 4 is 28.0 Å². The maximum atomic E-state index is 13.8. The smallest absolute Gasteiger partial charge is 0.361 e. The number of amidine groups is 1. The van der Waals surface area contributed by atoms with Crippen LogP contribution in [0, 0.1) is 0 Å². The lowest BCUT2D eigenvalue weighted by molar-refractivity contribution is -0.102. The number of aromatic amines is 1. The van der Waals surface area contributed by atoms with Gasteiger partial charge in [0.1, 0.15) is 5.84 Å². The quantitative estimate of drug-likeness (QED) is 0.473. The molecule has 170 valence electrons. The third-order valence-corrected chi connectivity index (χ3v) is 6.08. The van der Waals surface area contributed by atoms with Gasteiger partial charge in [0, 0.05) is 53.7 Å². The Kier molecular flexibility index (Phi) is 5.30. The van der Waals surface area contributed by atoms with E-state index in [1.54, 1.807) is 12.1 Å². The molecule has 1 unspecified atom stereocenters. The van der Waals surface area contributed by atoms with Gasteiger partial charge in [-0.2, -0.15) is 13.2 Å². The molecule has 0 saturated carbocycles. The second-order valence-corrected chi connectivity index (χ2v) is 8.25. The Morgan fingerprint density at radius 3 is 2.76 bits per heavy atom. The first-order valence-corrected chi connectivity index (χ1v) is 10.7. The third-order valence-electron chi connectivity index (χ3n) is 6.08. The number of anilines is 1. The second-order valence-electron chi connectivity index (χ2n) is 8.25. The van der Waals surface area contributed by atoms with Gasteiger partial charge in [0.05, 0.1) is 16.8 Å². The minimum absolute atomic E-state index is 0.143. The van der Waals surface area contributed by atoms with Crippen LogP contribution in [-0.4, -0.2) is 35.1 Å². The number of rotatable bonds is 3. The first-order chi connectivity index (χ1) is 15.8.